The lowest BCUT2D eigenvalue weighted by atomic mass is 9.72. The van der Waals surface area contributed by atoms with E-state index in [1.807, 2.05) is 0 Å². The fourth-order valence-corrected chi connectivity index (χ4v) is 3.15. The average molecular weight is 326 g/mol. The first-order valence-electron chi connectivity index (χ1n) is 7.50. The highest BCUT2D eigenvalue weighted by Crippen LogP contribution is 2.38. The quantitative estimate of drug-likeness (QED) is 0.929. The first-order chi connectivity index (χ1) is 10.2. The van der Waals surface area contributed by atoms with Crippen LogP contribution in [0.25, 0.3) is 11.4 Å². The van der Waals surface area contributed by atoms with Crippen LogP contribution in [0, 0.1) is 11.2 Å². The minimum atomic E-state index is -0.337. The van der Waals surface area contributed by atoms with Crippen molar-refractivity contribution < 1.29 is 8.91 Å². The summed E-state index contributed by atoms with van der Waals surface area (Å²) in [5.74, 6) is 0.530. The van der Waals surface area contributed by atoms with Crippen molar-refractivity contribution in [3.63, 3.8) is 0 Å². The molecule has 0 spiro atoms. The van der Waals surface area contributed by atoms with Gasteiger partial charge in [-0.15, -0.1) is 12.4 Å². The number of rotatable bonds is 4. The molecule has 1 aromatic heterocycles. The van der Waals surface area contributed by atoms with E-state index >= 15 is 0 Å². The second kappa shape index (κ2) is 7.20. The van der Waals surface area contributed by atoms with E-state index in [1.54, 1.807) is 18.2 Å². The van der Waals surface area contributed by atoms with Gasteiger partial charge in [-0.05, 0) is 36.9 Å². The van der Waals surface area contributed by atoms with E-state index in [2.05, 4.69) is 10.1 Å². The molecular formula is C16H21ClFN3O. The van der Waals surface area contributed by atoms with Crippen molar-refractivity contribution in [3.05, 3.63) is 36.0 Å². The van der Waals surface area contributed by atoms with Crippen LogP contribution in [0.5, 0.6) is 0 Å². The molecule has 2 aromatic rings. The Morgan fingerprint density at radius 1 is 1.18 bits per heavy atom. The van der Waals surface area contributed by atoms with Crippen molar-refractivity contribution in [2.24, 2.45) is 11.1 Å². The molecule has 2 N–H and O–H groups in total. The van der Waals surface area contributed by atoms with Gasteiger partial charge in [0.25, 0.3) is 0 Å². The Morgan fingerprint density at radius 3 is 2.59 bits per heavy atom. The van der Waals surface area contributed by atoms with Crippen LogP contribution in [0.15, 0.2) is 28.8 Å². The van der Waals surface area contributed by atoms with Crippen molar-refractivity contribution in [2.75, 3.05) is 6.54 Å². The molecule has 4 nitrogen and oxygen atoms in total. The number of halogens is 2. The number of hydrogen-bond donors (Lipinski definition) is 1. The first kappa shape index (κ1) is 16.9. The van der Waals surface area contributed by atoms with E-state index in [-0.39, 0.29) is 23.6 Å². The second-order valence-corrected chi connectivity index (χ2v) is 5.93. The number of hydrogen-bond acceptors (Lipinski definition) is 4. The molecule has 0 atom stereocenters. The molecular weight excluding hydrogens is 305 g/mol. The Kier molecular flexibility index (Phi) is 5.53. The maximum absolute atomic E-state index is 13.7. The van der Waals surface area contributed by atoms with Gasteiger partial charge in [-0.2, -0.15) is 4.98 Å². The molecule has 0 radical (unpaired) electrons. The SMILES string of the molecule is Cl.NCC1(Cc2nc(-c3ccccc3F)no2)CCCCC1. The molecule has 120 valence electrons. The third kappa shape index (κ3) is 3.47. The highest BCUT2D eigenvalue weighted by atomic mass is 35.5. The van der Waals surface area contributed by atoms with Gasteiger partial charge in [0.15, 0.2) is 0 Å². The summed E-state index contributed by atoms with van der Waals surface area (Å²) < 4.78 is 19.1. The monoisotopic (exact) mass is 325 g/mol. The summed E-state index contributed by atoms with van der Waals surface area (Å²) in [7, 11) is 0. The normalized spacial score (nSPS) is 17.0. The third-order valence-electron chi connectivity index (χ3n) is 4.46. The number of benzene rings is 1. The van der Waals surface area contributed by atoms with E-state index in [0.29, 0.717) is 30.2 Å². The Hall–Kier alpha value is -1.46. The molecule has 22 heavy (non-hydrogen) atoms. The molecule has 1 aliphatic rings. The maximum Gasteiger partial charge on any atom is 0.227 e. The smallest absolute Gasteiger partial charge is 0.227 e. The molecule has 0 bridgehead atoms. The van der Waals surface area contributed by atoms with E-state index in [1.165, 1.54) is 25.3 Å². The zero-order valence-electron chi connectivity index (χ0n) is 12.4. The fourth-order valence-electron chi connectivity index (χ4n) is 3.15. The Morgan fingerprint density at radius 2 is 1.91 bits per heavy atom. The van der Waals surface area contributed by atoms with Crippen LogP contribution < -0.4 is 5.73 Å². The van der Waals surface area contributed by atoms with Crippen molar-refractivity contribution in [2.45, 2.75) is 38.5 Å². The zero-order valence-corrected chi connectivity index (χ0v) is 13.2. The van der Waals surface area contributed by atoms with Crippen LogP contribution >= 0.6 is 12.4 Å². The van der Waals surface area contributed by atoms with E-state index in [4.69, 9.17) is 10.3 Å². The average Bonchev–Trinajstić information content (AvgIpc) is 2.97. The zero-order chi connectivity index (χ0) is 14.7. The van der Waals surface area contributed by atoms with Gasteiger partial charge in [-0.25, -0.2) is 4.39 Å². The van der Waals surface area contributed by atoms with Crippen LogP contribution in [0.2, 0.25) is 0 Å². The summed E-state index contributed by atoms with van der Waals surface area (Å²) in [5.41, 5.74) is 6.42. The molecule has 1 aromatic carbocycles. The summed E-state index contributed by atoms with van der Waals surface area (Å²) in [6, 6.07) is 6.46. The number of nitrogens with zero attached hydrogens (tertiary/aromatic N) is 2. The van der Waals surface area contributed by atoms with Gasteiger partial charge in [0.2, 0.25) is 11.7 Å². The molecule has 0 unspecified atom stereocenters. The fraction of sp³-hybridized carbons (Fsp3) is 0.500. The Labute approximate surface area is 135 Å². The highest BCUT2D eigenvalue weighted by Gasteiger charge is 2.33. The van der Waals surface area contributed by atoms with Gasteiger partial charge in [-0.3, -0.25) is 0 Å². The number of aromatic nitrogens is 2. The van der Waals surface area contributed by atoms with Crippen molar-refractivity contribution in [3.8, 4) is 11.4 Å². The summed E-state index contributed by atoms with van der Waals surface area (Å²) >= 11 is 0. The molecule has 3 rings (SSSR count). The third-order valence-corrected chi connectivity index (χ3v) is 4.46. The lowest BCUT2D eigenvalue weighted by molar-refractivity contribution is 0.177. The van der Waals surface area contributed by atoms with Crippen LogP contribution in [0.3, 0.4) is 0 Å². The largest absolute Gasteiger partial charge is 0.339 e. The van der Waals surface area contributed by atoms with E-state index < -0.39 is 0 Å². The van der Waals surface area contributed by atoms with Crippen molar-refractivity contribution in [1.82, 2.24) is 10.1 Å². The maximum atomic E-state index is 13.7. The van der Waals surface area contributed by atoms with Gasteiger partial charge >= 0.3 is 0 Å². The van der Waals surface area contributed by atoms with E-state index in [0.717, 1.165) is 12.8 Å². The molecule has 1 saturated carbocycles. The number of nitrogens with two attached hydrogens (primary N) is 1. The standard InChI is InChI=1S/C16H20FN3O.ClH/c17-13-7-3-2-6-12(13)15-19-14(21-20-15)10-16(11-18)8-4-1-5-9-16;/h2-3,6-7H,1,4-5,8-11,18H2;1H. The molecule has 1 aliphatic carbocycles. The predicted octanol–water partition coefficient (Wildman–Crippen LogP) is 3.75. The highest BCUT2D eigenvalue weighted by molar-refractivity contribution is 5.85. The molecule has 1 heterocycles. The summed E-state index contributed by atoms with van der Waals surface area (Å²) in [4.78, 5) is 4.36. The Bertz CT molecular complexity index is 611. The predicted molar refractivity (Wildman–Crippen MR) is 85.2 cm³/mol. The molecule has 0 aliphatic heterocycles. The van der Waals surface area contributed by atoms with Crippen LogP contribution in [-0.4, -0.2) is 16.7 Å². The first-order valence-corrected chi connectivity index (χ1v) is 7.50. The topological polar surface area (TPSA) is 64.9 Å². The van der Waals surface area contributed by atoms with Crippen molar-refractivity contribution in [1.29, 1.82) is 0 Å². The Balaban J connectivity index is 0.00000176. The summed E-state index contributed by atoms with van der Waals surface area (Å²) in [6.45, 7) is 0.629. The molecule has 6 heteroatoms. The lowest BCUT2D eigenvalue weighted by Crippen LogP contribution is -2.35. The minimum Gasteiger partial charge on any atom is -0.339 e. The van der Waals surface area contributed by atoms with Crippen LogP contribution in [0.1, 0.15) is 38.0 Å². The molecule has 1 fully saturated rings. The summed E-state index contributed by atoms with van der Waals surface area (Å²) in [5, 5.41) is 3.91. The summed E-state index contributed by atoms with van der Waals surface area (Å²) in [6.07, 6.45) is 6.55. The van der Waals surface area contributed by atoms with Gasteiger partial charge in [0, 0.05) is 6.42 Å². The van der Waals surface area contributed by atoms with E-state index in [9.17, 15) is 4.39 Å². The van der Waals surface area contributed by atoms with Gasteiger partial charge in [0.05, 0.1) is 5.56 Å². The van der Waals surface area contributed by atoms with Gasteiger partial charge in [0.1, 0.15) is 5.82 Å². The second-order valence-electron chi connectivity index (χ2n) is 5.93. The molecule has 0 amide bonds. The minimum absolute atomic E-state index is 0. The van der Waals surface area contributed by atoms with Crippen LogP contribution in [0.4, 0.5) is 4.39 Å². The van der Waals surface area contributed by atoms with Crippen LogP contribution in [-0.2, 0) is 6.42 Å². The van der Waals surface area contributed by atoms with Crippen molar-refractivity contribution >= 4 is 12.4 Å². The van der Waals surface area contributed by atoms with Gasteiger partial charge < -0.3 is 10.3 Å². The molecule has 0 saturated heterocycles. The lowest BCUT2D eigenvalue weighted by Gasteiger charge is -2.34. The van der Waals surface area contributed by atoms with Gasteiger partial charge in [-0.1, -0.05) is 36.6 Å².